The first-order chi connectivity index (χ1) is 19.3. The van der Waals surface area contributed by atoms with Gasteiger partial charge in [0.1, 0.15) is 34.1 Å². The Bertz CT molecular complexity index is 1480. The van der Waals surface area contributed by atoms with Gasteiger partial charge in [-0.15, -0.1) is 11.3 Å². The Hall–Kier alpha value is -3.32. The number of hydrogen-bond acceptors (Lipinski definition) is 10. The molecule has 2 fully saturated rings. The van der Waals surface area contributed by atoms with Gasteiger partial charge in [0.2, 0.25) is 5.95 Å². The number of aromatic nitrogens is 4. The summed E-state index contributed by atoms with van der Waals surface area (Å²) in [6.45, 7) is 2.23. The van der Waals surface area contributed by atoms with Crippen molar-refractivity contribution in [2.24, 2.45) is 11.8 Å². The van der Waals surface area contributed by atoms with Crippen LogP contribution < -0.4 is 10.6 Å². The first-order valence-electron chi connectivity index (χ1n) is 13.3. The Labute approximate surface area is 233 Å². The van der Waals surface area contributed by atoms with Crippen LogP contribution in [0.15, 0.2) is 36.7 Å². The zero-order valence-electron chi connectivity index (χ0n) is 21.8. The third-order valence-corrected chi connectivity index (χ3v) is 9.05. The average Bonchev–Trinajstić information content (AvgIpc) is 3.43. The first kappa shape index (κ1) is 26.9. The first-order valence-corrected chi connectivity index (χ1v) is 14.1. The molecule has 0 amide bonds. The van der Waals surface area contributed by atoms with E-state index in [1.807, 2.05) is 13.0 Å². The fourth-order valence-electron chi connectivity index (χ4n) is 5.74. The summed E-state index contributed by atoms with van der Waals surface area (Å²) < 4.78 is 28.2. The summed E-state index contributed by atoms with van der Waals surface area (Å²) in [6.07, 6.45) is 3.26. The van der Waals surface area contributed by atoms with Crippen LogP contribution in [0, 0.1) is 30.4 Å². The highest BCUT2D eigenvalue weighted by atomic mass is 32.1. The molecule has 0 radical (unpaired) electrons. The molecule has 2 aliphatic rings. The third kappa shape index (κ3) is 5.24. The van der Waals surface area contributed by atoms with Gasteiger partial charge in [-0.05, 0) is 61.8 Å². The summed E-state index contributed by atoms with van der Waals surface area (Å²) >= 11 is 1.48. The molecule has 4 aromatic rings. The molecule has 0 bridgehead atoms. The quantitative estimate of drug-likeness (QED) is 0.215. The van der Waals surface area contributed by atoms with E-state index in [4.69, 9.17) is 9.97 Å². The molecule has 6 rings (SSSR count). The van der Waals surface area contributed by atoms with Crippen LogP contribution in [0.25, 0.3) is 20.8 Å². The van der Waals surface area contributed by atoms with Crippen LogP contribution in [0.4, 0.5) is 20.5 Å². The van der Waals surface area contributed by atoms with Crippen molar-refractivity contribution in [1.29, 1.82) is 0 Å². The van der Waals surface area contributed by atoms with Crippen LogP contribution in [-0.4, -0.2) is 66.7 Å². The lowest BCUT2D eigenvalue weighted by molar-refractivity contribution is 0.00446. The fourth-order valence-corrected chi connectivity index (χ4v) is 6.78. The lowest BCUT2D eigenvalue weighted by Gasteiger charge is -2.36. The van der Waals surface area contributed by atoms with E-state index in [9.17, 15) is 24.1 Å². The molecule has 9 nitrogen and oxygen atoms in total. The van der Waals surface area contributed by atoms with Gasteiger partial charge in [0.25, 0.3) is 0 Å². The highest BCUT2D eigenvalue weighted by Gasteiger charge is 2.41. The molecule has 0 saturated heterocycles. The number of nitrogens with zero attached hydrogens (tertiary/aromatic N) is 4. The molecule has 5 N–H and O–H groups in total. The zero-order chi connectivity index (χ0) is 28.0. The summed E-state index contributed by atoms with van der Waals surface area (Å²) in [5, 5.41) is 37.9. The Morgan fingerprint density at radius 1 is 1.02 bits per heavy atom. The topological polar surface area (TPSA) is 136 Å². The third-order valence-electron chi connectivity index (χ3n) is 7.99. The molecule has 2 saturated carbocycles. The van der Waals surface area contributed by atoms with E-state index in [0.29, 0.717) is 52.5 Å². The van der Waals surface area contributed by atoms with Crippen molar-refractivity contribution in [3.8, 4) is 10.6 Å². The van der Waals surface area contributed by atoms with Gasteiger partial charge in [0, 0.05) is 31.3 Å². The number of aliphatic hydroxyl groups is 3. The lowest BCUT2D eigenvalue weighted by atomic mass is 9.71. The minimum absolute atomic E-state index is 0.113. The number of aliphatic hydroxyl groups excluding tert-OH is 3. The van der Waals surface area contributed by atoms with Gasteiger partial charge < -0.3 is 26.0 Å². The lowest BCUT2D eigenvalue weighted by Crippen LogP contribution is -2.36. The summed E-state index contributed by atoms with van der Waals surface area (Å²) in [5.74, 6) is -0.279. The Morgan fingerprint density at radius 2 is 1.80 bits per heavy atom. The van der Waals surface area contributed by atoms with Crippen LogP contribution in [0.5, 0.6) is 0 Å². The summed E-state index contributed by atoms with van der Waals surface area (Å²) in [7, 11) is 0. The Balaban J connectivity index is 1.23. The van der Waals surface area contributed by atoms with Gasteiger partial charge in [-0.25, -0.2) is 18.7 Å². The van der Waals surface area contributed by atoms with Crippen LogP contribution in [0.1, 0.15) is 36.4 Å². The molecule has 12 heteroatoms. The molecule has 40 heavy (non-hydrogen) atoms. The molecule has 4 atom stereocenters. The van der Waals surface area contributed by atoms with Crippen molar-refractivity contribution in [2.45, 2.75) is 50.4 Å². The Kier molecular flexibility index (Phi) is 7.34. The van der Waals surface area contributed by atoms with Gasteiger partial charge in [-0.1, -0.05) is 0 Å². The minimum Gasteiger partial charge on any atom is -0.396 e. The fraction of sp³-hybridized carbons (Fsp3) is 0.429. The second kappa shape index (κ2) is 10.9. The number of aryl methyl sites for hydroxylation is 1. The van der Waals surface area contributed by atoms with Crippen molar-refractivity contribution in [2.75, 3.05) is 23.8 Å². The number of hydrogen-bond donors (Lipinski definition) is 5. The van der Waals surface area contributed by atoms with E-state index in [2.05, 4.69) is 20.6 Å². The van der Waals surface area contributed by atoms with E-state index >= 15 is 0 Å². The average molecular weight is 569 g/mol. The summed E-state index contributed by atoms with van der Waals surface area (Å²) in [4.78, 5) is 18.3. The van der Waals surface area contributed by atoms with Gasteiger partial charge in [-0.3, -0.25) is 4.98 Å². The van der Waals surface area contributed by atoms with Gasteiger partial charge in [0.15, 0.2) is 0 Å². The molecular formula is C28H30F2N6O3S. The number of rotatable bonds is 8. The summed E-state index contributed by atoms with van der Waals surface area (Å²) in [5.41, 5.74) is 2.81. The summed E-state index contributed by atoms with van der Waals surface area (Å²) in [6, 6.07) is 5.05. The van der Waals surface area contributed by atoms with E-state index < -0.39 is 35.8 Å². The van der Waals surface area contributed by atoms with Crippen LogP contribution in [0.2, 0.25) is 0 Å². The standard InChI is InChI=1S/C28H30F2N6O3S/c1-13-23(27-35-21-11-31-3-2-22(21)40-27)26(34-20-8-17(12-37)24(38)25(20)39)36-28(33-13)32-10-14-4-15(5-14)16-6-18(29)9-19(30)7-16/h2-3,6-7,9,11,14-15,17,20,24-25,37-39H,4-5,8,10,12H2,1H3,(H2,32,33,34,36)/t14-,15+,17-,20-,24-,25+/m1/s1. The smallest absolute Gasteiger partial charge is 0.224 e. The maximum Gasteiger partial charge on any atom is 0.224 e. The molecule has 3 heterocycles. The number of thiazole rings is 1. The second-order valence-corrected chi connectivity index (χ2v) is 11.8. The monoisotopic (exact) mass is 568 g/mol. The SMILES string of the molecule is Cc1nc(NC[C@H]2C[C@@H](c3cc(F)cc(F)c3)C2)nc(N[C@@H]2C[C@H](CO)[C@@H](O)[C@H]2O)c1-c1nc2cnccc2s1. The molecular weight excluding hydrogens is 538 g/mol. The highest BCUT2D eigenvalue weighted by molar-refractivity contribution is 7.21. The van der Waals surface area contributed by atoms with Gasteiger partial charge >= 0.3 is 0 Å². The zero-order valence-corrected chi connectivity index (χ0v) is 22.6. The van der Waals surface area contributed by atoms with Crippen molar-refractivity contribution in [1.82, 2.24) is 19.9 Å². The van der Waals surface area contributed by atoms with E-state index in [0.717, 1.165) is 29.1 Å². The maximum absolute atomic E-state index is 13.6. The van der Waals surface area contributed by atoms with Crippen LogP contribution >= 0.6 is 11.3 Å². The van der Waals surface area contributed by atoms with Crippen molar-refractivity contribution >= 4 is 33.3 Å². The van der Waals surface area contributed by atoms with Crippen molar-refractivity contribution < 1.29 is 24.1 Å². The van der Waals surface area contributed by atoms with Crippen LogP contribution in [0.3, 0.4) is 0 Å². The van der Waals surface area contributed by atoms with Crippen molar-refractivity contribution in [3.63, 3.8) is 0 Å². The number of pyridine rings is 1. The van der Waals surface area contributed by atoms with E-state index in [-0.39, 0.29) is 12.5 Å². The van der Waals surface area contributed by atoms with E-state index in [1.54, 1.807) is 12.4 Å². The number of nitrogens with one attached hydrogen (secondary N) is 2. The Morgan fingerprint density at radius 3 is 2.50 bits per heavy atom. The number of halogens is 2. The second-order valence-electron chi connectivity index (χ2n) is 10.7. The number of anilines is 2. The minimum atomic E-state index is -1.07. The number of benzene rings is 1. The highest BCUT2D eigenvalue weighted by Crippen LogP contribution is 2.42. The normalized spacial score (nSPS) is 26.1. The maximum atomic E-state index is 13.6. The molecule has 1 aromatic carbocycles. The molecule has 3 aromatic heterocycles. The van der Waals surface area contributed by atoms with Gasteiger partial charge in [0.05, 0.1) is 34.3 Å². The predicted molar refractivity (Wildman–Crippen MR) is 148 cm³/mol. The molecule has 0 spiro atoms. The number of fused-ring (bicyclic) bond motifs is 1. The predicted octanol–water partition coefficient (Wildman–Crippen LogP) is 3.86. The van der Waals surface area contributed by atoms with Crippen molar-refractivity contribution in [3.05, 3.63) is 59.6 Å². The van der Waals surface area contributed by atoms with E-state index in [1.165, 1.54) is 23.5 Å². The van der Waals surface area contributed by atoms with Gasteiger partial charge in [-0.2, -0.15) is 4.98 Å². The van der Waals surface area contributed by atoms with Crippen LogP contribution in [-0.2, 0) is 0 Å². The molecule has 2 aliphatic carbocycles. The molecule has 0 aliphatic heterocycles. The molecule has 0 unspecified atom stereocenters. The largest absolute Gasteiger partial charge is 0.396 e. The molecule has 210 valence electrons.